The van der Waals surface area contributed by atoms with Gasteiger partial charge < -0.3 is 0 Å². The van der Waals surface area contributed by atoms with Crippen LogP contribution in [0.4, 0.5) is 0 Å². The zero-order chi connectivity index (χ0) is 13.5. The van der Waals surface area contributed by atoms with Gasteiger partial charge in [0.05, 0.1) is 0 Å². The van der Waals surface area contributed by atoms with Crippen LogP contribution in [0.1, 0.15) is 51.0 Å². The molecular formula is C19H24. The summed E-state index contributed by atoms with van der Waals surface area (Å²) >= 11 is 0. The van der Waals surface area contributed by atoms with Crippen molar-refractivity contribution in [1.82, 2.24) is 0 Å². The van der Waals surface area contributed by atoms with E-state index in [2.05, 4.69) is 68.4 Å². The van der Waals surface area contributed by atoms with Gasteiger partial charge in [0.25, 0.3) is 0 Å². The third-order valence-electron chi connectivity index (χ3n) is 3.76. The van der Waals surface area contributed by atoms with Crippen molar-refractivity contribution in [2.75, 3.05) is 0 Å². The summed E-state index contributed by atoms with van der Waals surface area (Å²) in [5, 5.41) is 0. The molecule has 0 fully saturated rings. The van der Waals surface area contributed by atoms with Crippen LogP contribution in [0.15, 0.2) is 54.6 Å². The molecule has 0 heterocycles. The molecule has 0 aliphatic heterocycles. The highest BCUT2D eigenvalue weighted by Gasteiger charge is 2.09. The molecule has 2 rings (SSSR count). The van der Waals surface area contributed by atoms with Crippen molar-refractivity contribution < 1.29 is 0 Å². The lowest BCUT2D eigenvalue weighted by Crippen LogP contribution is -1.98. The van der Waals surface area contributed by atoms with E-state index in [9.17, 15) is 0 Å². The fraction of sp³-hybridized carbons (Fsp3) is 0.368. The van der Waals surface area contributed by atoms with E-state index in [0.717, 1.165) is 5.92 Å². The molecule has 2 aromatic carbocycles. The Labute approximate surface area is 117 Å². The first-order valence-corrected chi connectivity index (χ1v) is 7.50. The van der Waals surface area contributed by atoms with E-state index in [0.29, 0.717) is 0 Å². The molecule has 0 spiro atoms. The normalized spacial score (nSPS) is 10.9. The summed E-state index contributed by atoms with van der Waals surface area (Å²) in [6.07, 6.45) is 5.15. The summed E-state index contributed by atoms with van der Waals surface area (Å²) in [5.41, 5.74) is 4.12. The van der Waals surface area contributed by atoms with Gasteiger partial charge in [-0.3, -0.25) is 0 Å². The van der Waals surface area contributed by atoms with Crippen molar-refractivity contribution in [1.29, 1.82) is 0 Å². The summed E-state index contributed by atoms with van der Waals surface area (Å²) < 4.78 is 0. The van der Waals surface area contributed by atoms with Crippen molar-refractivity contribution >= 4 is 0 Å². The highest BCUT2D eigenvalue weighted by atomic mass is 14.1. The monoisotopic (exact) mass is 252 g/mol. The molecule has 2 aromatic rings. The van der Waals surface area contributed by atoms with E-state index in [1.54, 1.807) is 0 Å². The average molecular weight is 252 g/mol. The molecule has 0 heteroatoms. The van der Waals surface area contributed by atoms with E-state index >= 15 is 0 Å². The molecule has 0 radical (unpaired) electrons. The summed E-state index contributed by atoms with van der Waals surface area (Å²) in [7, 11) is 0. The van der Waals surface area contributed by atoms with Crippen LogP contribution in [0.5, 0.6) is 0 Å². The molecule has 0 N–H and O–H groups in total. The average Bonchev–Trinajstić information content (AvgIpc) is 2.48. The Morgan fingerprint density at radius 3 is 1.74 bits per heavy atom. The zero-order valence-electron chi connectivity index (χ0n) is 12.1. The van der Waals surface area contributed by atoms with E-state index < -0.39 is 0 Å². The first-order chi connectivity index (χ1) is 9.35. The maximum absolute atomic E-state index is 2.32. The SMILES string of the molecule is CCCC(CCC)c1ccc(-c2ccccc2)cc1. The van der Waals surface area contributed by atoms with Crippen molar-refractivity contribution in [3.8, 4) is 11.1 Å². The lowest BCUT2D eigenvalue weighted by molar-refractivity contribution is 0.561. The predicted molar refractivity (Wildman–Crippen MR) is 84.4 cm³/mol. The zero-order valence-corrected chi connectivity index (χ0v) is 12.1. The minimum atomic E-state index is 0.736. The van der Waals surface area contributed by atoms with Crippen LogP contribution in [0, 0.1) is 0 Å². The second-order valence-electron chi connectivity index (χ2n) is 5.26. The summed E-state index contributed by atoms with van der Waals surface area (Å²) in [4.78, 5) is 0. The third kappa shape index (κ3) is 3.70. The first kappa shape index (κ1) is 13.9. The molecule has 0 unspecified atom stereocenters. The Kier molecular flexibility index (Phi) is 5.20. The fourth-order valence-electron chi connectivity index (χ4n) is 2.75. The number of hydrogen-bond donors (Lipinski definition) is 0. The van der Waals surface area contributed by atoms with Gasteiger partial charge in [-0.05, 0) is 35.4 Å². The molecule has 100 valence electrons. The second-order valence-corrected chi connectivity index (χ2v) is 5.26. The lowest BCUT2D eigenvalue weighted by atomic mass is 9.89. The van der Waals surface area contributed by atoms with Crippen molar-refractivity contribution in [3.05, 3.63) is 60.2 Å². The van der Waals surface area contributed by atoms with Gasteiger partial charge in [0.15, 0.2) is 0 Å². The number of hydrogen-bond acceptors (Lipinski definition) is 0. The topological polar surface area (TPSA) is 0 Å². The van der Waals surface area contributed by atoms with Gasteiger partial charge in [0.1, 0.15) is 0 Å². The van der Waals surface area contributed by atoms with Crippen LogP contribution < -0.4 is 0 Å². The van der Waals surface area contributed by atoms with Crippen LogP contribution in [-0.4, -0.2) is 0 Å². The van der Waals surface area contributed by atoms with Crippen LogP contribution in [0.2, 0.25) is 0 Å². The van der Waals surface area contributed by atoms with Crippen LogP contribution in [-0.2, 0) is 0 Å². The Bertz CT molecular complexity index is 461. The van der Waals surface area contributed by atoms with Crippen LogP contribution in [0.3, 0.4) is 0 Å². The second kappa shape index (κ2) is 7.13. The molecule has 0 atom stereocenters. The lowest BCUT2D eigenvalue weighted by Gasteiger charge is -2.16. The quantitative estimate of drug-likeness (QED) is 0.588. The molecule has 0 aliphatic carbocycles. The molecule has 0 saturated heterocycles. The van der Waals surface area contributed by atoms with Crippen LogP contribution in [0.25, 0.3) is 11.1 Å². The van der Waals surface area contributed by atoms with Gasteiger partial charge in [-0.25, -0.2) is 0 Å². The Morgan fingerprint density at radius 2 is 1.21 bits per heavy atom. The van der Waals surface area contributed by atoms with Gasteiger partial charge in [0.2, 0.25) is 0 Å². The molecule has 0 amide bonds. The largest absolute Gasteiger partial charge is 0.0654 e. The Balaban J connectivity index is 2.17. The van der Waals surface area contributed by atoms with Crippen molar-refractivity contribution in [2.45, 2.75) is 45.4 Å². The number of benzene rings is 2. The standard InChI is InChI=1S/C19H24/c1-3-8-16(9-4-2)18-12-14-19(15-13-18)17-10-6-5-7-11-17/h5-7,10-16H,3-4,8-9H2,1-2H3. The predicted octanol–water partition coefficient (Wildman–Crippen LogP) is 6.04. The van der Waals surface area contributed by atoms with Gasteiger partial charge >= 0.3 is 0 Å². The van der Waals surface area contributed by atoms with Gasteiger partial charge in [-0.15, -0.1) is 0 Å². The summed E-state index contributed by atoms with van der Waals surface area (Å²) in [5.74, 6) is 0.736. The fourth-order valence-corrected chi connectivity index (χ4v) is 2.75. The Hall–Kier alpha value is -1.56. The number of rotatable bonds is 6. The molecule has 0 nitrogen and oxygen atoms in total. The van der Waals surface area contributed by atoms with E-state index in [1.165, 1.54) is 42.4 Å². The van der Waals surface area contributed by atoms with Gasteiger partial charge in [0, 0.05) is 0 Å². The van der Waals surface area contributed by atoms with Crippen molar-refractivity contribution in [2.24, 2.45) is 0 Å². The highest BCUT2D eigenvalue weighted by molar-refractivity contribution is 5.63. The Morgan fingerprint density at radius 1 is 0.684 bits per heavy atom. The molecular weight excluding hydrogens is 228 g/mol. The van der Waals surface area contributed by atoms with Crippen LogP contribution >= 0.6 is 0 Å². The summed E-state index contributed by atoms with van der Waals surface area (Å²) in [6.45, 7) is 4.56. The maximum Gasteiger partial charge on any atom is -0.0162 e. The summed E-state index contributed by atoms with van der Waals surface area (Å²) in [6, 6.07) is 19.8. The third-order valence-corrected chi connectivity index (χ3v) is 3.76. The maximum atomic E-state index is 2.32. The van der Waals surface area contributed by atoms with Crippen molar-refractivity contribution in [3.63, 3.8) is 0 Å². The van der Waals surface area contributed by atoms with Gasteiger partial charge in [-0.1, -0.05) is 81.3 Å². The van der Waals surface area contributed by atoms with Gasteiger partial charge in [-0.2, -0.15) is 0 Å². The van der Waals surface area contributed by atoms with E-state index in [1.807, 2.05) is 0 Å². The van der Waals surface area contributed by atoms with E-state index in [4.69, 9.17) is 0 Å². The minimum Gasteiger partial charge on any atom is -0.0654 e. The molecule has 0 aliphatic rings. The minimum absolute atomic E-state index is 0.736. The molecule has 0 saturated carbocycles. The molecule has 0 aromatic heterocycles. The highest BCUT2D eigenvalue weighted by Crippen LogP contribution is 2.28. The van der Waals surface area contributed by atoms with E-state index in [-0.39, 0.29) is 0 Å². The first-order valence-electron chi connectivity index (χ1n) is 7.50. The smallest absolute Gasteiger partial charge is 0.0162 e. The molecule has 19 heavy (non-hydrogen) atoms. The molecule has 0 bridgehead atoms.